The van der Waals surface area contributed by atoms with E-state index in [2.05, 4.69) is 5.32 Å². The van der Waals surface area contributed by atoms with Gasteiger partial charge in [0.15, 0.2) is 6.61 Å². The predicted octanol–water partition coefficient (Wildman–Crippen LogP) is 2.61. The van der Waals surface area contributed by atoms with Crippen LogP contribution in [0.15, 0.2) is 48.5 Å². The number of rotatable bonds is 8. The number of nitrogens with zero attached hydrogens (tertiary/aromatic N) is 1. The fourth-order valence-electron chi connectivity index (χ4n) is 2.38. The summed E-state index contributed by atoms with van der Waals surface area (Å²) in [5, 5.41) is 3.19. The van der Waals surface area contributed by atoms with Gasteiger partial charge < -0.3 is 10.1 Å². The highest BCUT2D eigenvalue weighted by molar-refractivity contribution is 7.92. The van der Waals surface area contributed by atoms with Crippen LogP contribution in [0.3, 0.4) is 0 Å². The molecule has 0 saturated carbocycles. The summed E-state index contributed by atoms with van der Waals surface area (Å²) in [4.78, 5) is 11.9. The summed E-state index contributed by atoms with van der Waals surface area (Å²) in [5.74, 6) is 0.271. The molecule has 0 bridgehead atoms. The molecule has 6 nitrogen and oxygen atoms in total. The van der Waals surface area contributed by atoms with Gasteiger partial charge in [-0.3, -0.25) is 9.10 Å². The fraction of sp³-hybridized carbons (Fsp3) is 0.278. The number of para-hydroxylation sites is 1. The van der Waals surface area contributed by atoms with Crippen molar-refractivity contribution in [3.8, 4) is 5.75 Å². The van der Waals surface area contributed by atoms with Gasteiger partial charge in [-0.15, -0.1) is 0 Å². The van der Waals surface area contributed by atoms with Crippen LogP contribution < -0.4 is 14.4 Å². The molecule has 1 N–H and O–H groups in total. The van der Waals surface area contributed by atoms with Gasteiger partial charge in [0, 0.05) is 11.6 Å². The Morgan fingerprint density at radius 2 is 1.88 bits per heavy atom. The van der Waals surface area contributed by atoms with Gasteiger partial charge in [0.25, 0.3) is 5.91 Å². The van der Waals surface area contributed by atoms with E-state index in [0.29, 0.717) is 16.5 Å². The lowest BCUT2D eigenvalue weighted by Gasteiger charge is -2.24. The number of ether oxygens (including phenoxy) is 1. The average Bonchev–Trinajstić information content (AvgIpc) is 2.58. The van der Waals surface area contributed by atoms with E-state index < -0.39 is 10.0 Å². The van der Waals surface area contributed by atoms with Gasteiger partial charge in [0.05, 0.1) is 18.5 Å². The zero-order valence-electron chi connectivity index (χ0n) is 14.6. The minimum absolute atomic E-state index is 0.110. The molecule has 0 saturated heterocycles. The zero-order chi connectivity index (χ0) is 19.2. The van der Waals surface area contributed by atoms with Crippen LogP contribution in [-0.4, -0.2) is 40.3 Å². The van der Waals surface area contributed by atoms with E-state index >= 15 is 0 Å². The first-order valence-corrected chi connectivity index (χ1v) is 10.2. The van der Waals surface area contributed by atoms with Crippen LogP contribution in [0, 0.1) is 6.92 Å². The van der Waals surface area contributed by atoms with Crippen molar-refractivity contribution in [3.05, 3.63) is 59.1 Å². The van der Waals surface area contributed by atoms with Gasteiger partial charge in [0.1, 0.15) is 5.75 Å². The van der Waals surface area contributed by atoms with E-state index in [1.54, 1.807) is 37.3 Å². The van der Waals surface area contributed by atoms with Crippen molar-refractivity contribution < 1.29 is 17.9 Å². The van der Waals surface area contributed by atoms with Gasteiger partial charge in [-0.25, -0.2) is 8.42 Å². The lowest BCUT2D eigenvalue weighted by molar-refractivity contribution is -0.123. The van der Waals surface area contributed by atoms with Crippen LogP contribution >= 0.6 is 11.6 Å². The summed E-state index contributed by atoms with van der Waals surface area (Å²) in [6.07, 6.45) is 1.13. The number of carbonyl (C=O) groups is 1. The third-order valence-electron chi connectivity index (χ3n) is 3.58. The van der Waals surface area contributed by atoms with Crippen molar-refractivity contribution in [1.82, 2.24) is 5.32 Å². The summed E-state index contributed by atoms with van der Waals surface area (Å²) >= 11 is 5.93. The molecule has 26 heavy (non-hydrogen) atoms. The fourth-order valence-corrected chi connectivity index (χ4v) is 3.59. The Kier molecular flexibility index (Phi) is 6.88. The quantitative estimate of drug-likeness (QED) is 0.744. The molecule has 2 rings (SSSR count). The first kappa shape index (κ1) is 20.1. The smallest absolute Gasteiger partial charge is 0.258 e. The van der Waals surface area contributed by atoms with Gasteiger partial charge >= 0.3 is 0 Å². The van der Waals surface area contributed by atoms with Gasteiger partial charge in [-0.1, -0.05) is 29.8 Å². The molecule has 0 heterocycles. The largest absolute Gasteiger partial charge is 0.484 e. The van der Waals surface area contributed by atoms with E-state index in [4.69, 9.17) is 16.3 Å². The number of hydrogen-bond donors (Lipinski definition) is 1. The molecule has 2 aromatic rings. The third-order valence-corrected chi connectivity index (χ3v) is 4.99. The molecule has 0 atom stereocenters. The van der Waals surface area contributed by atoms with Crippen molar-refractivity contribution in [2.75, 3.05) is 30.3 Å². The number of halogens is 1. The van der Waals surface area contributed by atoms with Gasteiger partial charge in [-0.05, 0) is 42.8 Å². The molecule has 8 heteroatoms. The van der Waals surface area contributed by atoms with E-state index in [-0.39, 0.29) is 25.6 Å². The predicted molar refractivity (Wildman–Crippen MR) is 103 cm³/mol. The minimum atomic E-state index is -3.50. The Balaban J connectivity index is 1.92. The average molecular weight is 397 g/mol. The van der Waals surface area contributed by atoms with E-state index in [1.165, 1.54) is 4.31 Å². The van der Waals surface area contributed by atoms with Crippen LogP contribution in [0.2, 0.25) is 5.02 Å². The number of aryl methyl sites for hydroxylation is 1. The maximum Gasteiger partial charge on any atom is 0.258 e. The summed E-state index contributed by atoms with van der Waals surface area (Å²) < 4.78 is 30.8. The molecular formula is C18H21ClN2O4S. The Morgan fingerprint density at radius 1 is 1.19 bits per heavy atom. The summed E-state index contributed by atoms with van der Waals surface area (Å²) in [7, 11) is -3.50. The molecule has 2 aromatic carbocycles. The van der Waals surface area contributed by atoms with E-state index in [9.17, 15) is 13.2 Å². The highest BCUT2D eigenvalue weighted by Crippen LogP contribution is 2.25. The summed E-state index contributed by atoms with van der Waals surface area (Å²) in [6, 6.07) is 14.0. The van der Waals surface area contributed by atoms with Crippen molar-refractivity contribution in [2.24, 2.45) is 0 Å². The Morgan fingerprint density at radius 3 is 2.50 bits per heavy atom. The highest BCUT2D eigenvalue weighted by atomic mass is 35.5. The van der Waals surface area contributed by atoms with Crippen LogP contribution in [0.25, 0.3) is 0 Å². The maximum absolute atomic E-state index is 12.1. The second-order valence-corrected chi connectivity index (χ2v) is 8.06. The van der Waals surface area contributed by atoms with Crippen molar-refractivity contribution in [3.63, 3.8) is 0 Å². The topological polar surface area (TPSA) is 75.7 Å². The van der Waals surface area contributed by atoms with Crippen molar-refractivity contribution in [1.29, 1.82) is 0 Å². The summed E-state index contributed by atoms with van der Waals surface area (Å²) in [5.41, 5.74) is 1.27. The number of amides is 1. The molecule has 0 fully saturated rings. The zero-order valence-corrected chi connectivity index (χ0v) is 16.2. The minimum Gasteiger partial charge on any atom is -0.484 e. The van der Waals surface area contributed by atoms with Crippen LogP contribution in [0.4, 0.5) is 5.69 Å². The normalized spacial score (nSPS) is 11.0. The van der Waals surface area contributed by atoms with E-state index in [1.807, 2.05) is 18.2 Å². The molecule has 0 unspecified atom stereocenters. The highest BCUT2D eigenvalue weighted by Gasteiger charge is 2.19. The number of carbonyl (C=O) groups excluding carboxylic acids is 1. The van der Waals surface area contributed by atoms with Crippen LogP contribution in [-0.2, 0) is 14.8 Å². The molecule has 0 spiro atoms. The van der Waals surface area contributed by atoms with Crippen molar-refractivity contribution >= 4 is 33.2 Å². The molecule has 0 radical (unpaired) electrons. The Bertz CT molecular complexity index is 857. The SMILES string of the molecule is Cc1cc(Cl)ccc1N(CCNC(=O)COc1ccccc1)S(C)(=O)=O. The first-order chi connectivity index (χ1) is 12.3. The Hall–Kier alpha value is -2.25. The van der Waals surface area contributed by atoms with Crippen LogP contribution in [0.1, 0.15) is 5.56 Å². The third kappa shape index (κ3) is 5.93. The molecule has 0 aliphatic rings. The number of benzene rings is 2. The molecule has 0 aliphatic heterocycles. The second-order valence-electron chi connectivity index (χ2n) is 5.72. The molecule has 0 aliphatic carbocycles. The van der Waals surface area contributed by atoms with E-state index in [0.717, 1.165) is 11.8 Å². The van der Waals surface area contributed by atoms with Crippen molar-refractivity contribution in [2.45, 2.75) is 6.92 Å². The number of nitrogens with one attached hydrogen (secondary N) is 1. The van der Waals surface area contributed by atoms with Crippen LogP contribution in [0.5, 0.6) is 5.75 Å². The monoisotopic (exact) mass is 396 g/mol. The second kappa shape index (κ2) is 8.91. The summed E-state index contributed by atoms with van der Waals surface area (Å²) in [6.45, 7) is 1.92. The van der Waals surface area contributed by atoms with Gasteiger partial charge in [0.2, 0.25) is 10.0 Å². The first-order valence-electron chi connectivity index (χ1n) is 7.96. The van der Waals surface area contributed by atoms with Gasteiger partial charge in [-0.2, -0.15) is 0 Å². The molecule has 1 amide bonds. The number of sulfonamides is 1. The molecule has 140 valence electrons. The molecule has 0 aromatic heterocycles. The maximum atomic E-state index is 12.1. The lowest BCUT2D eigenvalue weighted by atomic mass is 10.2. The molecular weight excluding hydrogens is 376 g/mol. The number of hydrogen-bond acceptors (Lipinski definition) is 4. The Labute approximate surface area is 158 Å². The lowest BCUT2D eigenvalue weighted by Crippen LogP contribution is -2.39. The standard InChI is InChI=1S/C18H21ClN2O4S/c1-14-12-15(19)8-9-17(14)21(26(2,23)24)11-10-20-18(22)13-25-16-6-4-3-5-7-16/h3-9,12H,10-11,13H2,1-2H3,(H,20,22). The number of anilines is 1.